The summed E-state index contributed by atoms with van der Waals surface area (Å²) in [5.41, 5.74) is 1.11. The van der Waals surface area contributed by atoms with Gasteiger partial charge in [0.1, 0.15) is 5.69 Å². The molecule has 2 amide bonds. The van der Waals surface area contributed by atoms with Gasteiger partial charge in [0.25, 0.3) is 5.91 Å². The van der Waals surface area contributed by atoms with Gasteiger partial charge >= 0.3 is 0 Å². The number of hydrogen-bond donors (Lipinski definition) is 0. The van der Waals surface area contributed by atoms with E-state index in [1.165, 1.54) is 0 Å². The van der Waals surface area contributed by atoms with Crippen LogP contribution in [0.25, 0.3) is 0 Å². The number of aryl methyl sites for hydroxylation is 1. The average Bonchev–Trinajstić information content (AvgIpc) is 3.38. The predicted molar refractivity (Wildman–Crippen MR) is 113 cm³/mol. The fourth-order valence-corrected chi connectivity index (χ4v) is 4.86. The molecule has 4 rings (SSSR count). The van der Waals surface area contributed by atoms with Gasteiger partial charge in [0.05, 0.1) is 19.6 Å². The van der Waals surface area contributed by atoms with Crippen LogP contribution in [0.4, 0.5) is 0 Å². The summed E-state index contributed by atoms with van der Waals surface area (Å²) in [5, 5.41) is 0. The molecule has 3 heterocycles. The topological polar surface area (TPSA) is 64.0 Å². The maximum atomic E-state index is 13.5. The minimum absolute atomic E-state index is 0.00114. The Labute approximate surface area is 177 Å². The highest BCUT2D eigenvalue weighted by Crippen LogP contribution is 2.41. The number of nitrogens with zero attached hydrogens (tertiary/aromatic N) is 3. The SMILES string of the molecule is COc1cccc(CN2CCC[C@@]3(CCN(C(=O)c4cccn4C)C3)C2=O)c1OC. The molecular weight excluding hydrogens is 382 g/mol. The lowest BCUT2D eigenvalue weighted by Gasteiger charge is -2.39. The Hall–Kier alpha value is -2.96. The molecule has 0 N–H and O–H groups in total. The Bertz CT molecular complexity index is 954. The van der Waals surface area contributed by atoms with Crippen molar-refractivity contribution in [2.24, 2.45) is 12.5 Å². The molecule has 2 saturated heterocycles. The van der Waals surface area contributed by atoms with Gasteiger partial charge < -0.3 is 23.8 Å². The fourth-order valence-electron chi connectivity index (χ4n) is 4.86. The van der Waals surface area contributed by atoms with Gasteiger partial charge in [0, 0.05) is 45.0 Å². The molecule has 0 saturated carbocycles. The number of para-hydroxylation sites is 1. The number of hydrogen-bond acceptors (Lipinski definition) is 4. The summed E-state index contributed by atoms with van der Waals surface area (Å²) in [5.74, 6) is 1.47. The molecule has 30 heavy (non-hydrogen) atoms. The highest BCUT2D eigenvalue weighted by molar-refractivity contribution is 5.94. The highest BCUT2D eigenvalue weighted by atomic mass is 16.5. The van der Waals surface area contributed by atoms with E-state index in [2.05, 4.69) is 0 Å². The maximum absolute atomic E-state index is 13.5. The van der Waals surface area contributed by atoms with E-state index in [0.717, 1.165) is 18.4 Å². The van der Waals surface area contributed by atoms with Gasteiger partial charge in [-0.05, 0) is 37.5 Å². The summed E-state index contributed by atoms with van der Waals surface area (Å²) >= 11 is 0. The first-order valence-corrected chi connectivity index (χ1v) is 10.4. The zero-order valence-electron chi connectivity index (χ0n) is 17.9. The molecule has 7 heteroatoms. The molecule has 1 aromatic heterocycles. The molecule has 0 bridgehead atoms. The van der Waals surface area contributed by atoms with Crippen LogP contribution in [0.3, 0.4) is 0 Å². The normalized spacial score (nSPS) is 21.4. The second-order valence-electron chi connectivity index (χ2n) is 8.24. The van der Waals surface area contributed by atoms with Gasteiger partial charge in [0.15, 0.2) is 11.5 Å². The van der Waals surface area contributed by atoms with E-state index < -0.39 is 5.41 Å². The minimum Gasteiger partial charge on any atom is -0.493 e. The van der Waals surface area contributed by atoms with Crippen molar-refractivity contribution in [1.29, 1.82) is 0 Å². The van der Waals surface area contributed by atoms with Crippen LogP contribution in [0.5, 0.6) is 11.5 Å². The molecule has 2 fully saturated rings. The van der Waals surface area contributed by atoms with Crippen LogP contribution in [0.2, 0.25) is 0 Å². The number of carbonyl (C=O) groups is 2. The van der Waals surface area contributed by atoms with Crippen LogP contribution in [0, 0.1) is 5.41 Å². The largest absolute Gasteiger partial charge is 0.493 e. The summed E-state index contributed by atoms with van der Waals surface area (Å²) in [6.45, 7) is 2.30. The van der Waals surface area contributed by atoms with Crippen molar-refractivity contribution < 1.29 is 19.1 Å². The van der Waals surface area contributed by atoms with Crippen LogP contribution in [-0.2, 0) is 18.4 Å². The van der Waals surface area contributed by atoms with E-state index in [1.807, 2.05) is 57.9 Å². The lowest BCUT2D eigenvalue weighted by molar-refractivity contribution is -0.146. The van der Waals surface area contributed by atoms with Crippen LogP contribution >= 0.6 is 0 Å². The Morgan fingerprint density at radius 3 is 2.63 bits per heavy atom. The summed E-state index contributed by atoms with van der Waals surface area (Å²) in [6, 6.07) is 9.43. The highest BCUT2D eigenvalue weighted by Gasteiger charge is 2.49. The second kappa shape index (κ2) is 8.05. The van der Waals surface area contributed by atoms with E-state index in [0.29, 0.717) is 49.8 Å². The first-order chi connectivity index (χ1) is 14.5. The first kappa shape index (κ1) is 20.3. The van der Waals surface area contributed by atoms with E-state index in [1.54, 1.807) is 14.2 Å². The molecule has 2 aromatic rings. The van der Waals surface area contributed by atoms with Gasteiger partial charge in [-0.2, -0.15) is 0 Å². The van der Waals surface area contributed by atoms with E-state index in [4.69, 9.17) is 9.47 Å². The average molecular weight is 412 g/mol. The number of methoxy groups -OCH3 is 2. The molecule has 0 unspecified atom stereocenters. The third-order valence-corrected chi connectivity index (χ3v) is 6.47. The van der Waals surface area contributed by atoms with Crippen molar-refractivity contribution in [2.75, 3.05) is 33.9 Å². The summed E-state index contributed by atoms with van der Waals surface area (Å²) < 4.78 is 12.8. The lowest BCUT2D eigenvalue weighted by atomic mass is 9.78. The molecular formula is C23H29N3O4. The molecule has 7 nitrogen and oxygen atoms in total. The number of carbonyl (C=O) groups excluding carboxylic acids is 2. The molecule has 1 spiro atoms. The zero-order valence-corrected chi connectivity index (χ0v) is 17.9. The van der Waals surface area contributed by atoms with E-state index in [-0.39, 0.29) is 11.8 Å². The number of piperidine rings is 1. The Morgan fingerprint density at radius 1 is 1.10 bits per heavy atom. The third-order valence-electron chi connectivity index (χ3n) is 6.47. The number of ether oxygens (including phenoxy) is 2. The number of aromatic nitrogens is 1. The molecule has 1 aromatic carbocycles. The smallest absolute Gasteiger partial charge is 0.270 e. The van der Waals surface area contributed by atoms with Crippen molar-refractivity contribution in [3.8, 4) is 11.5 Å². The minimum atomic E-state index is -0.481. The van der Waals surface area contributed by atoms with E-state index in [9.17, 15) is 9.59 Å². The third kappa shape index (κ3) is 3.42. The molecule has 0 radical (unpaired) electrons. The zero-order chi connectivity index (χ0) is 21.3. The second-order valence-corrected chi connectivity index (χ2v) is 8.24. The Kier molecular flexibility index (Phi) is 5.45. The quantitative estimate of drug-likeness (QED) is 0.759. The van der Waals surface area contributed by atoms with Gasteiger partial charge in [-0.3, -0.25) is 9.59 Å². The van der Waals surface area contributed by atoms with Crippen molar-refractivity contribution in [1.82, 2.24) is 14.4 Å². The van der Waals surface area contributed by atoms with Crippen molar-refractivity contribution in [2.45, 2.75) is 25.8 Å². The van der Waals surface area contributed by atoms with Crippen molar-refractivity contribution in [3.63, 3.8) is 0 Å². The van der Waals surface area contributed by atoms with Gasteiger partial charge in [-0.25, -0.2) is 0 Å². The van der Waals surface area contributed by atoms with Crippen LogP contribution in [-0.4, -0.2) is 60.0 Å². The standard InChI is InChI=1S/C23H29N3O4/c1-24-12-5-8-18(24)21(27)26-14-11-23(16-26)10-6-13-25(22(23)28)15-17-7-4-9-19(29-2)20(17)30-3/h4-5,7-9,12H,6,10-11,13-16H2,1-3H3/t23-/m0/s1. The number of rotatable bonds is 5. The lowest BCUT2D eigenvalue weighted by Crippen LogP contribution is -2.50. The number of likely N-dealkylation sites (tertiary alicyclic amines) is 2. The van der Waals surface area contributed by atoms with Crippen LogP contribution < -0.4 is 9.47 Å². The number of benzene rings is 1. The van der Waals surface area contributed by atoms with Gasteiger partial charge in [-0.1, -0.05) is 12.1 Å². The van der Waals surface area contributed by atoms with E-state index >= 15 is 0 Å². The molecule has 2 aliphatic rings. The molecule has 0 aliphatic carbocycles. The molecule has 160 valence electrons. The van der Waals surface area contributed by atoms with Gasteiger partial charge in [0.2, 0.25) is 5.91 Å². The Morgan fingerprint density at radius 2 is 1.93 bits per heavy atom. The Balaban J connectivity index is 1.52. The molecule has 1 atom stereocenters. The van der Waals surface area contributed by atoms with Crippen LogP contribution in [0.1, 0.15) is 35.3 Å². The van der Waals surface area contributed by atoms with Crippen molar-refractivity contribution in [3.05, 3.63) is 47.8 Å². The predicted octanol–water partition coefficient (Wildman–Crippen LogP) is 2.70. The molecule has 2 aliphatic heterocycles. The number of amides is 2. The van der Waals surface area contributed by atoms with Gasteiger partial charge in [-0.15, -0.1) is 0 Å². The summed E-state index contributed by atoms with van der Waals surface area (Å²) in [6.07, 6.45) is 4.35. The first-order valence-electron chi connectivity index (χ1n) is 10.4. The summed E-state index contributed by atoms with van der Waals surface area (Å²) in [7, 11) is 5.10. The maximum Gasteiger partial charge on any atom is 0.270 e. The monoisotopic (exact) mass is 411 g/mol. The van der Waals surface area contributed by atoms with Crippen molar-refractivity contribution >= 4 is 11.8 Å². The summed E-state index contributed by atoms with van der Waals surface area (Å²) in [4.78, 5) is 30.2. The van der Waals surface area contributed by atoms with Crippen LogP contribution in [0.15, 0.2) is 36.5 Å². The fraction of sp³-hybridized carbons (Fsp3) is 0.478.